The third kappa shape index (κ3) is 44.4. The van der Waals surface area contributed by atoms with Crippen LogP contribution >= 0.6 is 0 Å². The standard InChI is InChI=1S/C17H35NO3.C11H21N5O.3C2H6/c1-16(2)10-6-4-8-12-20-14-15-21-13-9-5-7-11-18-17(3)19;1-10(2)13-6-4-11-8-16(15-14-11)7-3-5-12-9-17;3*1-2/h16H,4-15H2,1-3H3,(H,18,19);8-10,13H,3-7H2,1-2H3,(H,12,17);3*1-2H3. The maximum Gasteiger partial charge on any atom is 0.216 e. The zero-order valence-corrected chi connectivity index (χ0v) is 30.8. The van der Waals surface area contributed by atoms with Crippen LogP contribution in [-0.4, -0.2) is 79.4 Å². The van der Waals surface area contributed by atoms with Crippen LogP contribution in [0.2, 0.25) is 0 Å². The van der Waals surface area contributed by atoms with Crippen molar-refractivity contribution >= 4 is 12.3 Å². The highest BCUT2D eigenvalue weighted by Gasteiger charge is 2.01. The Bertz CT molecular complexity index is 672. The van der Waals surface area contributed by atoms with E-state index in [4.69, 9.17) is 9.47 Å². The topological polar surface area (TPSA) is 119 Å². The second kappa shape index (κ2) is 43.1. The number of carbonyl (C=O) groups is 2. The Hall–Kier alpha value is -2.04. The van der Waals surface area contributed by atoms with Crippen molar-refractivity contribution in [3.63, 3.8) is 0 Å². The summed E-state index contributed by atoms with van der Waals surface area (Å²) in [4.78, 5) is 20.7. The van der Waals surface area contributed by atoms with Gasteiger partial charge >= 0.3 is 0 Å². The van der Waals surface area contributed by atoms with Crippen LogP contribution in [0, 0.1) is 5.92 Å². The number of ether oxygens (including phenoxy) is 2. The summed E-state index contributed by atoms with van der Waals surface area (Å²) >= 11 is 0. The molecule has 0 spiro atoms. The summed E-state index contributed by atoms with van der Waals surface area (Å²) in [5, 5.41) is 16.9. The molecule has 0 aliphatic rings. The van der Waals surface area contributed by atoms with Gasteiger partial charge in [-0.2, -0.15) is 0 Å². The quantitative estimate of drug-likeness (QED) is 0.0872. The van der Waals surface area contributed by atoms with Crippen LogP contribution in [0.1, 0.15) is 133 Å². The lowest BCUT2D eigenvalue weighted by atomic mass is 10.1. The molecule has 0 saturated carbocycles. The van der Waals surface area contributed by atoms with Gasteiger partial charge in [-0.1, -0.05) is 93.7 Å². The summed E-state index contributed by atoms with van der Waals surface area (Å²) in [6.45, 7) is 28.5. The van der Waals surface area contributed by atoms with Crippen molar-refractivity contribution < 1.29 is 19.1 Å². The van der Waals surface area contributed by atoms with Gasteiger partial charge in [0.05, 0.1) is 18.9 Å². The predicted octanol–water partition coefficient (Wildman–Crippen LogP) is 6.58. The Kier molecular flexibility index (Phi) is 47.8. The van der Waals surface area contributed by atoms with Crippen molar-refractivity contribution in [1.29, 1.82) is 0 Å². The molecule has 1 rings (SSSR count). The summed E-state index contributed by atoms with van der Waals surface area (Å²) in [6, 6.07) is 0.500. The van der Waals surface area contributed by atoms with Gasteiger partial charge < -0.3 is 25.4 Å². The minimum absolute atomic E-state index is 0.0487. The zero-order chi connectivity index (χ0) is 34.3. The van der Waals surface area contributed by atoms with Crippen LogP contribution in [0.3, 0.4) is 0 Å². The van der Waals surface area contributed by atoms with E-state index in [1.54, 1.807) is 6.92 Å². The SMILES string of the molecule is CC.CC.CC.CC(=O)NCCCCCOCCOCCCCCC(C)C.CC(C)NCCc1cn(CCCNC=O)nn1. The molecule has 0 atom stereocenters. The molecular weight excluding hydrogens is 556 g/mol. The number of aromatic nitrogens is 3. The van der Waals surface area contributed by atoms with E-state index >= 15 is 0 Å². The Morgan fingerprint density at radius 1 is 0.818 bits per heavy atom. The van der Waals surface area contributed by atoms with E-state index in [9.17, 15) is 9.59 Å². The van der Waals surface area contributed by atoms with E-state index in [1.165, 1.54) is 19.3 Å². The fourth-order valence-corrected chi connectivity index (χ4v) is 3.48. The number of unbranched alkanes of at least 4 members (excludes halogenated alkanes) is 4. The third-order valence-electron chi connectivity index (χ3n) is 5.59. The summed E-state index contributed by atoms with van der Waals surface area (Å²) < 4.78 is 12.9. The van der Waals surface area contributed by atoms with E-state index in [-0.39, 0.29) is 5.91 Å². The number of nitrogens with zero attached hydrogens (tertiary/aromatic N) is 3. The molecule has 0 saturated heterocycles. The number of hydrogen-bond acceptors (Lipinski definition) is 7. The number of carbonyl (C=O) groups excluding carboxylic acids is 2. The van der Waals surface area contributed by atoms with E-state index in [2.05, 4.69) is 54.0 Å². The highest BCUT2D eigenvalue weighted by molar-refractivity contribution is 5.72. The van der Waals surface area contributed by atoms with E-state index in [0.717, 1.165) is 83.0 Å². The fourth-order valence-electron chi connectivity index (χ4n) is 3.48. The van der Waals surface area contributed by atoms with Crippen molar-refractivity contribution in [2.75, 3.05) is 46.1 Å². The first-order valence-electron chi connectivity index (χ1n) is 17.5. The molecule has 10 heteroatoms. The van der Waals surface area contributed by atoms with E-state index in [0.29, 0.717) is 32.2 Å². The second-order valence-electron chi connectivity index (χ2n) is 10.3. The smallest absolute Gasteiger partial charge is 0.216 e. The van der Waals surface area contributed by atoms with Crippen LogP contribution in [0.25, 0.3) is 0 Å². The molecule has 1 heterocycles. The Balaban J connectivity index is -0.000000314. The molecule has 264 valence electrons. The molecule has 0 aliphatic carbocycles. The molecule has 1 aromatic rings. The van der Waals surface area contributed by atoms with Crippen molar-refractivity contribution in [1.82, 2.24) is 30.9 Å². The Morgan fingerprint density at radius 2 is 1.41 bits per heavy atom. The van der Waals surface area contributed by atoms with Gasteiger partial charge in [0.2, 0.25) is 12.3 Å². The fraction of sp³-hybridized carbons (Fsp3) is 0.882. The number of nitrogens with one attached hydrogen (secondary N) is 3. The van der Waals surface area contributed by atoms with Gasteiger partial charge in [-0.15, -0.1) is 5.10 Å². The van der Waals surface area contributed by atoms with Crippen LogP contribution in [0.15, 0.2) is 6.20 Å². The molecule has 3 N–H and O–H groups in total. The molecule has 0 fully saturated rings. The third-order valence-corrected chi connectivity index (χ3v) is 5.59. The maximum atomic E-state index is 10.6. The number of hydrogen-bond donors (Lipinski definition) is 3. The van der Waals surface area contributed by atoms with Crippen molar-refractivity contribution in [2.24, 2.45) is 5.92 Å². The number of aryl methyl sites for hydroxylation is 1. The second-order valence-corrected chi connectivity index (χ2v) is 10.3. The van der Waals surface area contributed by atoms with Gasteiger partial charge in [0.25, 0.3) is 0 Å². The minimum atomic E-state index is 0.0487. The predicted molar refractivity (Wildman–Crippen MR) is 187 cm³/mol. The monoisotopic (exact) mass is 631 g/mol. The van der Waals surface area contributed by atoms with Gasteiger partial charge in [0.15, 0.2) is 0 Å². The average molecular weight is 631 g/mol. The molecular formula is C34H74N6O4. The lowest BCUT2D eigenvalue weighted by Gasteiger charge is -2.07. The summed E-state index contributed by atoms with van der Waals surface area (Å²) in [5.74, 6) is 0.866. The lowest BCUT2D eigenvalue weighted by Crippen LogP contribution is -2.25. The highest BCUT2D eigenvalue weighted by Crippen LogP contribution is 2.07. The van der Waals surface area contributed by atoms with Crippen LogP contribution < -0.4 is 16.0 Å². The minimum Gasteiger partial charge on any atom is -0.379 e. The first-order valence-corrected chi connectivity index (χ1v) is 17.5. The molecule has 0 aliphatic heterocycles. The zero-order valence-electron chi connectivity index (χ0n) is 30.8. The Labute approximate surface area is 272 Å². The van der Waals surface area contributed by atoms with Crippen LogP contribution in [-0.2, 0) is 32.0 Å². The van der Waals surface area contributed by atoms with Gasteiger partial charge in [-0.05, 0) is 38.0 Å². The maximum absolute atomic E-state index is 10.6. The molecule has 44 heavy (non-hydrogen) atoms. The summed E-state index contributed by atoms with van der Waals surface area (Å²) in [6.07, 6.45) is 12.7. The first-order chi connectivity index (χ1) is 21.3. The molecule has 1 aromatic heterocycles. The first kappa shape index (κ1) is 48.9. The van der Waals surface area contributed by atoms with E-state index in [1.807, 2.05) is 52.4 Å². The van der Waals surface area contributed by atoms with Gasteiger partial charge in [-0.25, -0.2) is 0 Å². The normalized spacial score (nSPS) is 9.84. The van der Waals surface area contributed by atoms with Gasteiger partial charge in [-0.3, -0.25) is 14.3 Å². The molecule has 0 unspecified atom stereocenters. The van der Waals surface area contributed by atoms with Crippen LogP contribution in [0.4, 0.5) is 0 Å². The average Bonchev–Trinajstić information content (AvgIpc) is 3.47. The number of rotatable bonds is 24. The molecule has 0 radical (unpaired) electrons. The van der Waals surface area contributed by atoms with E-state index < -0.39 is 0 Å². The van der Waals surface area contributed by atoms with Gasteiger partial charge in [0.1, 0.15) is 0 Å². The van der Waals surface area contributed by atoms with Crippen molar-refractivity contribution in [3.8, 4) is 0 Å². The van der Waals surface area contributed by atoms with Gasteiger partial charge in [0, 0.05) is 65.0 Å². The van der Waals surface area contributed by atoms with Crippen LogP contribution in [0.5, 0.6) is 0 Å². The number of amides is 2. The Morgan fingerprint density at radius 3 is 1.93 bits per heavy atom. The summed E-state index contributed by atoms with van der Waals surface area (Å²) in [5.41, 5.74) is 1.00. The molecule has 2 amide bonds. The van der Waals surface area contributed by atoms with Crippen molar-refractivity contribution in [2.45, 2.75) is 147 Å². The molecule has 0 aromatic carbocycles. The lowest BCUT2D eigenvalue weighted by molar-refractivity contribution is -0.119. The summed E-state index contributed by atoms with van der Waals surface area (Å²) in [7, 11) is 0. The largest absolute Gasteiger partial charge is 0.379 e. The van der Waals surface area contributed by atoms with Crippen molar-refractivity contribution in [3.05, 3.63) is 11.9 Å². The highest BCUT2D eigenvalue weighted by atomic mass is 16.5. The molecule has 0 bridgehead atoms. The molecule has 10 nitrogen and oxygen atoms in total.